The first-order chi connectivity index (χ1) is 23.4. The Labute approximate surface area is 283 Å². The molecule has 5 rings (SSSR count). The number of aliphatic hydroxyl groups excluding tert-OH is 1. The lowest BCUT2D eigenvalue weighted by Gasteiger charge is -2.39. The first kappa shape index (κ1) is 35.4. The van der Waals surface area contributed by atoms with Gasteiger partial charge in [0.2, 0.25) is 11.8 Å². The summed E-state index contributed by atoms with van der Waals surface area (Å²) in [5.41, 5.74) is 7.54. The van der Waals surface area contributed by atoms with Crippen LogP contribution in [0.2, 0.25) is 0 Å². The van der Waals surface area contributed by atoms with Crippen molar-refractivity contribution in [2.45, 2.75) is 95.5 Å². The van der Waals surface area contributed by atoms with E-state index in [0.29, 0.717) is 31.8 Å². The van der Waals surface area contributed by atoms with E-state index in [0.717, 1.165) is 52.9 Å². The van der Waals surface area contributed by atoms with Crippen LogP contribution in [-0.4, -0.2) is 52.3 Å². The molecule has 1 aliphatic heterocycles. The predicted octanol–water partition coefficient (Wildman–Crippen LogP) is 6.50. The maximum absolute atomic E-state index is 12.4. The highest BCUT2D eigenvalue weighted by Gasteiger charge is 2.34. The normalized spacial score (nSPS) is 19.7. The topological polar surface area (TPSA) is 120 Å². The molecule has 0 aromatic heterocycles. The molecule has 0 spiro atoms. The fraction of sp³-hybridized carbons (Fsp3) is 0.436. The van der Waals surface area contributed by atoms with E-state index >= 15 is 0 Å². The van der Waals surface area contributed by atoms with Crippen molar-refractivity contribution in [2.75, 3.05) is 13.1 Å². The second kappa shape index (κ2) is 18.1. The minimum atomic E-state index is -0.550. The number of rotatable bonds is 16. The number of nitrogens with one attached hydrogen (secondary N) is 2. The Morgan fingerprint density at radius 1 is 0.875 bits per heavy atom. The van der Waals surface area contributed by atoms with Crippen LogP contribution in [0.15, 0.2) is 85.5 Å². The number of carbonyl (C=O) groups excluding carboxylic acids is 2. The number of hydrogen-bond donors (Lipinski definition) is 4. The molecule has 256 valence electrons. The molecule has 48 heavy (non-hydrogen) atoms. The van der Waals surface area contributed by atoms with E-state index in [1.807, 2.05) is 48.5 Å². The molecule has 3 aromatic rings. The highest BCUT2D eigenvalue weighted by Crippen LogP contribution is 2.39. The molecule has 1 saturated carbocycles. The molecular weight excluding hydrogens is 606 g/mol. The summed E-state index contributed by atoms with van der Waals surface area (Å²) in [7, 11) is 0. The summed E-state index contributed by atoms with van der Waals surface area (Å²) >= 11 is 0. The zero-order valence-electron chi connectivity index (χ0n) is 27.7. The number of amides is 2. The lowest BCUT2D eigenvalue weighted by molar-refractivity contribution is -0.253. The first-order valence-electron chi connectivity index (χ1n) is 17.2. The molecule has 1 aliphatic carbocycles. The molecule has 1 saturated heterocycles. The Morgan fingerprint density at radius 3 is 2.29 bits per heavy atom. The van der Waals surface area contributed by atoms with E-state index in [1.165, 1.54) is 25.7 Å². The highest BCUT2D eigenvalue weighted by molar-refractivity contribution is 5.76. The van der Waals surface area contributed by atoms with Crippen molar-refractivity contribution < 1.29 is 29.4 Å². The molecule has 0 radical (unpaired) electrons. The van der Waals surface area contributed by atoms with Gasteiger partial charge in [0.15, 0.2) is 6.29 Å². The molecule has 9 nitrogen and oxygen atoms in total. The van der Waals surface area contributed by atoms with E-state index in [2.05, 4.69) is 47.1 Å². The number of hydroxylamine groups is 1. The minimum Gasteiger partial charge on any atom is -0.392 e. The number of unbranched alkanes of at least 4 members (excludes halogenated alkanes) is 1. The van der Waals surface area contributed by atoms with Gasteiger partial charge in [0.25, 0.3) is 0 Å². The molecule has 9 heteroatoms. The number of ether oxygens (including phenoxy) is 2. The van der Waals surface area contributed by atoms with Crippen LogP contribution in [0.5, 0.6) is 0 Å². The third kappa shape index (κ3) is 10.1. The molecule has 0 unspecified atom stereocenters. The zero-order chi connectivity index (χ0) is 33.7. The van der Waals surface area contributed by atoms with E-state index < -0.39 is 12.2 Å². The molecule has 2 amide bonds. The van der Waals surface area contributed by atoms with Gasteiger partial charge in [-0.2, -0.15) is 0 Å². The van der Waals surface area contributed by atoms with E-state index in [9.17, 15) is 14.7 Å². The van der Waals surface area contributed by atoms with Crippen molar-refractivity contribution in [1.29, 1.82) is 0 Å². The maximum atomic E-state index is 12.4. The molecule has 3 aromatic carbocycles. The third-order valence-electron chi connectivity index (χ3n) is 9.35. The van der Waals surface area contributed by atoms with E-state index in [4.69, 9.17) is 14.7 Å². The molecule has 3 atom stereocenters. The second-order valence-corrected chi connectivity index (χ2v) is 12.9. The average Bonchev–Trinajstić information content (AvgIpc) is 3.68. The van der Waals surface area contributed by atoms with Crippen LogP contribution in [0.25, 0.3) is 11.1 Å². The first-order valence-corrected chi connectivity index (χ1v) is 17.2. The van der Waals surface area contributed by atoms with E-state index in [-0.39, 0.29) is 31.1 Å². The Balaban J connectivity index is 1.29. The largest absolute Gasteiger partial charge is 0.392 e. The van der Waals surface area contributed by atoms with Gasteiger partial charge < -0.3 is 19.9 Å². The Kier molecular flexibility index (Phi) is 13.3. The molecule has 2 fully saturated rings. The predicted molar refractivity (Wildman–Crippen MR) is 185 cm³/mol. The lowest BCUT2D eigenvalue weighted by Crippen LogP contribution is -2.43. The van der Waals surface area contributed by atoms with Gasteiger partial charge >= 0.3 is 0 Å². The number of carbonyl (C=O) groups is 2. The fourth-order valence-corrected chi connectivity index (χ4v) is 6.74. The van der Waals surface area contributed by atoms with Crippen LogP contribution < -0.4 is 10.8 Å². The minimum absolute atomic E-state index is 0.00578. The molecular formula is C39H49N3O6. The zero-order valence-corrected chi connectivity index (χ0v) is 27.7. The van der Waals surface area contributed by atoms with Crippen LogP contribution >= 0.6 is 0 Å². The molecule has 0 bridgehead atoms. The van der Waals surface area contributed by atoms with Crippen molar-refractivity contribution in [3.05, 3.63) is 108 Å². The number of benzene rings is 3. The van der Waals surface area contributed by atoms with Gasteiger partial charge in [0, 0.05) is 50.5 Å². The van der Waals surface area contributed by atoms with Crippen LogP contribution in [0, 0.1) is 0 Å². The summed E-state index contributed by atoms with van der Waals surface area (Å²) in [5.74, 6) is -0.520. The van der Waals surface area contributed by atoms with Gasteiger partial charge in [-0.1, -0.05) is 79.6 Å². The number of hydrogen-bond acceptors (Lipinski definition) is 7. The quantitative estimate of drug-likeness (QED) is 0.0602. The monoisotopic (exact) mass is 655 g/mol. The third-order valence-corrected chi connectivity index (χ3v) is 9.35. The Bertz CT molecular complexity index is 1490. The molecule has 4 N–H and O–H groups in total. The summed E-state index contributed by atoms with van der Waals surface area (Å²) in [6.45, 7) is 6.08. The summed E-state index contributed by atoms with van der Waals surface area (Å²) < 4.78 is 13.4. The maximum Gasteiger partial charge on any atom is 0.243 e. The highest BCUT2D eigenvalue weighted by atomic mass is 16.7. The summed E-state index contributed by atoms with van der Waals surface area (Å²) in [6.07, 6.45) is 8.56. The van der Waals surface area contributed by atoms with Crippen molar-refractivity contribution >= 4 is 11.8 Å². The second-order valence-electron chi connectivity index (χ2n) is 12.9. The SMILES string of the molecule is C=CCN(C[C@@H]1C[C@H](c2ccc(CO)cc2)O[C@H](c2cccc(-c3cccc(CNC(=O)CCCCC(=O)NO)c3)c2)O1)C1CCCC1. The van der Waals surface area contributed by atoms with Crippen molar-refractivity contribution in [3.8, 4) is 11.1 Å². The summed E-state index contributed by atoms with van der Waals surface area (Å²) in [6, 6.07) is 24.9. The number of nitrogens with zero attached hydrogens (tertiary/aromatic N) is 1. The van der Waals surface area contributed by atoms with Gasteiger partial charge in [-0.15, -0.1) is 6.58 Å². The average molecular weight is 656 g/mol. The fourth-order valence-electron chi connectivity index (χ4n) is 6.74. The van der Waals surface area contributed by atoms with Gasteiger partial charge in [0.1, 0.15) is 0 Å². The van der Waals surface area contributed by atoms with Crippen molar-refractivity contribution in [3.63, 3.8) is 0 Å². The smallest absolute Gasteiger partial charge is 0.243 e. The summed E-state index contributed by atoms with van der Waals surface area (Å²) in [4.78, 5) is 26.0. The number of aliphatic hydroxyl groups is 1. The van der Waals surface area contributed by atoms with Gasteiger partial charge in [-0.3, -0.25) is 19.7 Å². The van der Waals surface area contributed by atoms with Crippen LogP contribution in [0.1, 0.15) is 92.4 Å². The van der Waals surface area contributed by atoms with Crippen molar-refractivity contribution in [1.82, 2.24) is 15.7 Å². The lowest BCUT2D eigenvalue weighted by atomic mass is 9.98. The van der Waals surface area contributed by atoms with E-state index in [1.54, 1.807) is 5.48 Å². The molecule has 1 heterocycles. The standard InChI is InChI=1S/C39H49N3O6/c1-2-21-42(34-13-3-4-14-34)26-35-24-36(30-19-17-28(27-43)18-20-30)48-39(47-35)33-12-8-11-32(23-33)31-10-7-9-29(22-31)25-40-37(44)15-5-6-16-38(45)41-46/h2,7-12,17-20,22-23,34-36,39,43,46H,1,3-6,13-16,21,24-27H2,(H,40,44)(H,41,45)/t35-,36+,39+/m0/s1. The van der Waals surface area contributed by atoms with Crippen LogP contribution in [0.4, 0.5) is 0 Å². The molecule has 2 aliphatic rings. The van der Waals surface area contributed by atoms with Crippen molar-refractivity contribution in [2.24, 2.45) is 0 Å². The Hall–Kier alpha value is -3.86. The summed E-state index contributed by atoms with van der Waals surface area (Å²) in [5, 5.41) is 21.1. The van der Waals surface area contributed by atoms with Gasteiger partial charge in [0.05, 0.1) is 18.8 Å². The van der Waals surface area contributed by atoms with Gasteiger partial charge in [-0.25, -0.2) is 5.48 Å². The van der Waals surface area contributed by atoms with Crippen LogP contribution in [-0.2, 0) is 32.2 Å². The van der Waals surface area contributed by atoms with Gasteiger partial charge in [-0.05, 0) is 65.6 Å². The Morgan fingerprint density at radius 2 is 1.58 bits per heavy atom. The van der Waals surface area contributed by atoms with Crippen LogP contribution in [0.3, 0.4) is 0 Å².